The van der Waals surface area contributed by atoms with Crippen LogP contribution in [0, 0.1) is 5.41 Å². The average molecular weight is 211 g/mol. The fourth-order valence-corrected chi connectivity index (χ4v) is 2.21. The van der Waals surface area contributed by atoms with Crippen LogP contribution in [0.25, 0.3) is 0 Å². The molecule has 0 heterocycles. The molecule has 1 aliphatic rings. The summed E-state index contributed by atoms with van der Waals surface area (Å²) in [6.07, 6.45) is 3.56. The Hall–Kier alpha value is -1.19. The number of rotatable bonds is 4. The minimum Gasteiger partial charge on any atom is -0.369 e. The number of carbonyl (C=O) groups is 3. The van der Waals surface area contributed by atoms with Gasteiger partial charge < -0.3 is 5.73 Å². The first-order chi connectivity index (χ1) is 6.99. The molecule has 0 spiro atoms. The fraction of sp³-hybridized carbons (Fsp3) is 0.727. The van der Waals surface area contributed by atoms with E-state index in [2.05, 4.69) is 0 Å². The van der Waals surface area contributed by atoms with Gasteiger partial charge in [-0.2, -0.15) is 0 Å². The van der Waals surface area contributed by atoms with Crippen LogP contribution in [0.15, 0.2) is 0 Å². The van der Waals surface area contributed by atoms with Crippen molar-refractivity contribution in [3.05, 3.63) is 0 Å². The van der Waals surface area contributed by atoms with Crippen LogP contribution in [0.5, 0.6) is 0 Å². The molecule has 1 saturated carbocycles. The molecule has 0 bridgehead atoms. The van der Waals surface area contributed by atoms with Gasteiger partial charge in [0.15, 0.2) is 5.78 Å². The van der Waals surface area contributed by atoms with E-state index in [9.17, 15) is 14.4 Å². The molecule has 0 saturated heterocycles. The molecule has 0 unspecified atom stereocenters. The lowest BCUT2D eigenvalue weighted by Gasteiger charge is -2.32. The number of primary amides is 1. The molecule has 15 heavy (non-hydrogen) atoms. The lowest BCUT2D eigenvalue weighted by Crippen LogP contribution is -2.45. The van der Waals surface area contributed by atoms with Crippen LogP contribution in [0.4, 0.5) is 0 Å². The Morgan fingerprint density at radius 1 is 1.13 bits per heavy atom. The molecule has 0 atom stereocenters. The van der Waals surface area contributed by atoms with Crippen LogP contribution in [-0.4, -0.2) is 17.5 Å². The standard InChI is InChI=1S/C11H17NO3/c1-8(13)7-9(14)11(10(12)15)5-3-2-4-6-11/h2-7H2,1H3,(H2,12,15). The van der Waals surface area contributed by atoms with E-state index in [1.54, 1.807) is 0 Å². The van der Waals surface area contributed by atoms with Gasteiger partial charge in [-0.1, -0.05) is 19.3 Å². The molecular formula is C11H17NO3. The lowest BCUT2D eigenvalue weighted by atomic mass is 9.69. The summed E-state index contributed by atoms with van der Waals surface area (Å²) in [6.45, 7) is 1.36. The Morgan fingerprint density at radius 3 is 2.07 bits per heavy atom. The molecule has 1 aliphatic carbocycles. The number of hydrogen-bond acceptors (Lipinski definition) is 3. The first-order valence-corrected chi connectivity index (χ1v) is 5.32. The van der Waals surface area contributed by atoms with Gasteiger partial charge in [0, 0.05) is 0 Å². The zero-order valence-corrected chi connectivity index (χ0v) is 9.04. The number of Topliss-reactive ketones (excluding diaryl/α,β-unsaturated/α-hetero) is 2. The van der Waals surface area contributed by atoms with Crippen LogP contribution in [0.3, 0.4) is 0 Å². The van der Waals surface area contributed by atoms with Crippen molar-refractivity contribution in [2.45, 2.75) is 45.4 Å². The van der Waals surface area contributed by atoms with Gasteiger partial charge in [0.1, 0.15) is 11.2 Å². The van der Waals surface area contributed by atoms with Gasteiger partial charge in [-0.25, -0.2) is 0 Å². The van der Waals surface area contributed by atoms with Crippen molar-refractivity contribution in [2.75, 3.05) is 0 Å². The molecule has 0 aromatic rings. The maximum atomic E-state index is 11.9. The highest BCUT2D eigenvalue weighted by Gasteiger charge is 2.44. The second-order valence-corrected chi connectivity index (χ2v) is 4.31. The molecule has 2 N–H and O–H groups in total. The number of hydrogen-bond donors (Lipinski definition) is 1. The summed E-state index contributed by atoms with van der Waals surface area (Å²) in [6, 6.07) is 0. The van der Waals surface area contributed by atoms with Crippen LogP contribution >= 0.6 is 0 Å². The number of amides is 1. The largest absolute Gasteiger partial charge is 0.369 e. The molecule has 0 aliphatic heterocycles. The van der Waals surface area contributed by atoms with Crippen molar-refractivity contribution < 1.29 is 14.4 Å². The van der Waals surface area contributed by atoms with Crippen molar-refractivity contribution in [2.24, 2.45) is 11.1 Å². The van der Waals surface area contributed by atoms with Crippen LogP contribution in [0.1, 0.15) is 45.4 Å². The topological polar surface area (TPSA) is 77.2 Å². The first-order valence-electron chi connectivity index (χ1n) is 5.32. The van der Waals surface area contributed by atoms with Crippen molar-refractivity contribution in [1.29, 1.82) is 0 Å². The van der Waals surface area contributed by atoms with Gasteiger partial charge >= 0.3 is 0 Å². The molecule has 0 radical (unpaired) electrons. The van der Waals surface area contributed by atoms with E-state index in [-0.39, 0.29) is 18.0 Å². The Labute approximate surface area is 89.2 Å². The number of carbonyl (C=O) groups excluding carboxylic acids is 3. The molecule has 1 amide bonds. The molecule has 4 heteroatoms. The second-order valence-electron chi connectivity index (χ2n) is 4.31. The van der Waals surface area contributed by atoms with Gasteiger partial charge in [-0.3, -0.25) is 14.4 Å². The SMILES string of the molecule is CC(=O)CC(=O)C1(C(N)=O)CCCCC1. The molecule has 0 aromatic carbocycles. The van der Waals surface area contributed by atoms with E-state index in [1.165, 1.54) is 6.92 Å². The van der Waals surface area contributed by atoms with E-state index in [1.807, 2.05) is 0 Å². The van der Waals surface area contributed by atoms with E-state index in [0.29, 0.717) is 12.8 Å². The summed E-state index contributed by atoms with van der Waals surface area (Å²) in [4.78, 5) is 34.1. The summed E-state index contributed by atoms with van der Waals surface area (Å²) in [5.41, 5.74) is 4.26. The number of nitrogens with two attached hydrogens (primary N) is 1. The van der Waals surface area contributed by atoms with Gasteiger partial charge in [0.05, 0.1) is 6.42 Å². The molecule has 0 aromatic heterocycles. The third-order valence-corrected chi connectivity index (χ3v) is 3.12. The fourth-order valence-electron chi connectivity index (χ4n) is 2.21. The third-order valence-electron chi connectivity index (χ3n) is 3.12. The number of ketones is 2. The van der Waals surface area contributed by atoms with Gasteiger partial charge in [-0.15, -0.1) is 0 Å². The third kappa shape index (κ3) is 2.43. The minimum atomic E-state index is -1.05. The van der Waals surface area contributed by atoms with E-state index >= 15 is 0 Å². The molecule has 84 valence electrons. The van der Waals surface area contributed by atoms with Crippen LogP contribution < -0.4 is 5.73 Å². The quantitative estimate of drug-likeness (QED) is 0.704. The van der Waals surface area contributed by atoms with Crippen LogP contribution in [0.2, 0.25) is 0 Å². The molecule has 4 nitrogen and oxygen atoms in total. The minimum absolute atomic E-state index is 0.164. The first kappa shape index (κ1) is 11.9. The van der Waals surface area contributed by atoms with E-state index in [4.69, 9.17) is 5.73 Å². The smallest absolute Gasteiger partial charge is 0.231 e. The average Bonchev–Trinajstić information content (AvgIpc) is 2.17. The highest BCUT2D eigenvalue weighted by atomic mass is 16.2. The maximum absolute atomic E-state index is 11.9. The monoisotopic (exact) mass is 211 g/mol. The van der Waals surface area contributed by atoms with Gasteiger partial charge in [-0.05, 0) is 19.8 Å². The van der Waals surface area contributed by atoms with Crippen molar-refractivity contribution in [3.8, 4) is 0 Å². The summed E-state index contributed by atoms with van der Waals surface area (Å²) in [7, 11) is 0. The van der Waals surface area contributed by atoms with Crippen molar-refractivity contribution in [3.63, 3.8) is 0 Å². The summed E-state index contributed by atoms with van der Waals surface area (Å²) in [5.74, 6) is -1.05. The highest BCUT2D eigenvalue weighted by molar-refractivity contribution is 6.11. The predicted molar refractivity (Wildman–Crippen MR) is 55.0 cm³/mol. The molecule has 1 rings (SSSR count). The Morgan fingerprint density at radius 2 is 1.67 bits per heavy atom. The van der Waals surface area contributed by atoms with Crippen LogP contribution in [-0.2, 0) is 14.4 Å². The maximum Gasteiger partial charge on any atom is 0.231 e. The molecular weight excluding hydrogens is 194 g/mol. The Balaban J connectivity index is 2.85. The normalized spacial score (nSPS) is 19.5. The summed E-state index contributed by atoms with van der Waals surface area (Å²) < 4.78 is 0. The predicted octanol–water partition coefficient (Wildman–Crippen LogP) is 0.970. The Kier molecular flexibility index (Phi) is 3.61. The summed E-state index contributed by atoms with van der Waals surface area (Å²) >= 11 is 0. The van der Waals surface area contributed by atoms with Gasteiger partial charge in [0.2, 0.25) is 5.91 Å². The van der Waals surface area contributed by atoms with Crippen molar-refractivity contribution in [1.82, 2.24) is 0 Å². The zero-order valence-electron chi connectivity index (χ0n) is 9.04. The summed E-state index contributed by atoms with van der Waals surface area (Å²) in [5, 5.41) is 0. The lowest BCUT2D eigenvalue weighted by molar-refractivity contribution is -0.143. The highest BCUT2D eigenvalue weighted by Crippen LogP contribution is 2.37. The van der Waals surface area contributed by atoms with E-state index in [0.717, 1.165) is 19.3 Å². The second kappa shape index (κ2) is 4.55. The van der Waals surface area contributed by atoms with Crippen molar-refractivity contribution >= 4 is 17.5 Å². The van der Waals surface area contributed by atoms with Gasteiger partial charge in [0.25, 0.3) is 0 Å². The van der Waals surface area contributed by atoms with E-state index < -0.39 is 11.3 Å². The molecule has 1 fully saturated rings. The Bertz CT molecular complexity index is 290. The zero-order chi connectivity index (χ0) is 11.5.